The van der Waals surface area contributed by atoms with Gasteiger partial charge in [0.05, 0.1) is 23.5 Å². The Morgan fingerprint density at radius 2 is 2.05 bits per heavy atom. The molecule has 0 N–H and O–H groups in total. The van der Waals surface area contributed by atoms with Crippen molar-refractivity contribution in [3.63, 3.8) is 0 Å². The molecule has 0 spiro atoms. The Labute approximate surface area is 132 Å². The van der Waals surface area contributed by atoms with E-state index in [1.54, 1.807) is 0 Å². The number of nitrogens with zero attached hydrogens (tertiary/aromatic N) is 3. The fourth-order valence-corrected chi connectivity index (χ4v) is 2.51. The summed E-state index contributed by atoms with van der Waals surface area (Å²) in [5.41, 5.74) is 4.25. The Bertz CT molecular complexity index is 611. The predicted octanol–water partition coefficient (Wildman–Crippen LogP) is 4.81. The summed E-state index contributed by atoms with van der Waals surface area (Å²) in [6.45, 7) is 9.24. The standard InChI is InChI=1S/C17H22ClN3/c1-5-21(14-8-6-7-13(4)9-14)16-11-19-17(12(2)3)20-15(16)10-18/h6-9,11-12H,5,10H2,1-4H3. The van der Waals surface area contributed by atoms with Crippen molar-refractivity contribution >= 4 is 23.0 Å². The molecule has 1 aromatic heterocycles. The minimum absolute atomic E-state index is 0.301. The Kier molecular flexibility index (Phi) is 5.18. The van der Waals surface area contributed by atoms with E-state index in [2.05, 4.69) is 66.8 Å². The first kappa shape index (κ1) is 15.8. The molecule has 0 atom stereocenters. The third-order valence-corrected chi connectivity index (χ3v) is 3.68. The van der Waals surface area contributed by atoms with Crippen molar-refractivity contribution in [2.24, 2.45) is 0 Å². The second kappa shape index (κ2) is 6.90. The van der Waals surface area contributed by atoms with E-state index in [4.69, 9.17) is 11.6 Å². The average molecular weight is 304 g/mol. The van der Waals surface area contributed by atoms with E-state index in [-0.39, 0.29) is 0 Å². The van der Waals surface area contributed by atoms with E-state index in [1.165, 1.54) is 5.56 Å². The van der Waals surface area contributed by atoms with Gasteiger partial charge in [-0.15, -0.1) is 11.6 Å². The molecule has 1 heterocycles. The Morgan fingerprint density at radius 1 is 1.29 bits per heavy atom. The average Bonchev–Trinajstić information content (AvgIpc) is 2.48. The van der Waals surface area contributed by atoms with Crippen LogP contribution in [-0.4, -0.2) is 16.5 Å². The van der Waals surface area contributed by atoms with Crippen molar-refractivity contribution in [3.8, 4) is 0 Å². The summed E-state index contributed by atoms with van der Waals surface area (Å²) in [7, 11) is 0. The first-order valence-corrected chi connectivity index (χ1v) is 7.86. The lowest BCUT2D eigenvalue weighted by atomic mass is 10.1. The molecule has 0 saturated carbocycles. The summed E-state index contributed by atoms with van der Waals surface area (Å²) in [6.07, 6.45) is 1.89. The summed E-state index contributed by atoms with van der Waals surface area (Å²) in [5, 5.41) is 0. The minimum Gasteiger partial charge on any atom is -0.339 e. The zero-order chi connectivity index (χ0) is 15.4. The highest BCUT2D eigenvalue weighted by Gasteiger charge is 2.15. The quantitative estimate of drug-likeness (QED) is 0.743. The van der Waals surface area contributed by atoms with E-state index in [0.717, 1.165) is 29.4 Å². The summed E-state index contributed by atoms with van der Waals surface area (Å²) in [4.78, 5) is 11.3. The molecular formula is C17H22ClN3. The van der Waals surface area contributed by atoms with Crippen molar-refractivity contribution in [1.82, 2.24) is 9.97 Å². The van der Waals surface area contributed by atoms with Crippen molar-refractivity contribution in [2.75, 3.05) is 11.4 Å². The highest BCUT2D eigenvalue weighted by atomic mass is 35.5. The van der Waals surface area contributed by atoms with Crippen molar-refractivity contribution in [1.29, 1.82) is 0 Å². The molecule has 3 nitrogen and oxygen atoms in total. The third-order valence-electron chi connectivity index (χ3n) is 3.43. The van der Waals surface area contributed by atoms with Crippen LogP contribution in [0.4, 0.5) is 11.4 Å². The maximum Gasteiger partial charge on any atom is 0.131 e. The molecule has 0 radical (unpaired) electrons. The van der Waals surface area contributed by atoms with Crippen molar-refractivity contribution < 1.29 is 0 Å². The molecule has 0 amide bonds. The van der Waals surface area contributed by atoms with E-state index >= 15 is 0 Å². The number of alkyl halides is 1. The van der Waals surface area contributed by atoms with Gasteiger partial charge in [-0.05, 0) is 31.5 Å². The number of hydrogen-bond acceptors (Lipinski definition) is 3. The lowest BCUT2D eigenvalue weighted by Gasteiger charge is -2.25. The predicted molar refractivity (Wildman–Crippen MR) is 89.5 cm³/mol. The van der Waals surface area contributed by atoms with Crippen LogP contribution in [0.15, 0.2) is 30.5 Å². The second-order valence-electron chi connectivity index (χ2n) is 5.43. The number of anilines is 2. The van der Waals surface area contributed by atoms with Crippen LogP contribution < -0.4 is 4.90 Å². The maximum atomic E-state index is 6.11. The van der Waals surface area contributed by atoms with Gasteiger partial charge in [-0.25, -0.2) is 9.97 Å². The van der Waals surface area contributed by atoms with E-state index < -0.39 is 0 Å². The van der Waals surface area contributed by atoms with Crippen LogP contribution in [0.1, 0.15) is 43.8 Å². The van der Waals surface area contributed by atoms with Crippen LogP contribution in [0, 0.1) is 6.92 Å². The number of benzene rings is 1. The monoisotopic (exact) mass is 303 g/mol. The molecule has 0 saturated heterocycles. The van der Waals surface area contributed by atoms with Gasteiger partial charge in [0.25, 0.3) is 0 Å². The number of aryl methyl sites for hydroxylation is 1. The molecule has 0 bridgehead atoms. The molecule has 0 aliphatic carbocycles. The molecule has 0 unspecified atom stereocenters. The topological polar surface area (TPSA) is 29.0 Å². The van der Waals surface area contributed by atoms with Gasteiger partial charge in [-0.3, -0.25) is 0 Å². The van der Waals surface area contributed by atoms with E-state index in [1.807, 2.05) is 6.20 Å². The molecule has 1 aromatic carbocycles. The van der Waals surface area contributed by atoms with Crippen LogP contribution in [-0.2, 0) is 5.88 Å². The lowest BCUT2D eigenvalue weighted by Crippen LogP contribution is -2.19. The van der Waals surface area contributed by atoms with Crippen LogP contribution in [0.3, 0.4) is 0 Å². The minimum atomic E-state index is 0.301. The van der Waals surface area contributed by atoms with Crippen molar-refractivity contribution in [2.45, 2.75) is 39.5 Å². The number of halogens is 1. The second-order valence-corrected chi connectivity index (χ2v) is 5.70. The molecule has 0 aliphatic heterocycles. The summed E-state index contributed by atoms with van der Waals surface area (Å²) >= 11 is 6.11. The molecule has 0 fully saturated rings. The summed E-state index contributed by atoms with van der Waals surface area (Å²) in [6, 6.07) is 8.43. The summed E-state index contributed by atoms with van der Waals surface area (Å²) in [5.74, 6) is 1.53. The fourth-order valence-electron chi connectivity index (χ4n) is 2.32. The molecule has 112 valence electrons. The van der Waals surface area contributed by atoms with Gasteiger partial charge in [-0.1, -0.05) is 26.0 Å². The first-order valence-electron chi connectivity index (χ1n) is 7.32. The van der Waals surface area contributed by atoms with Crippen molar-refractivity contribution in [3.05, 3.63) is 47.5 Å². The molecule has 0 aliphatic rings. The van der Waals surface area contributed by atoms with Crippen LogP contribution in [0.25, 0.3) is 0 Å². The van der Waals surface area contributed by atoms with Gasteiger partial charge < -0.3 is 4.90 Å². The molecule has 21 heavy (non-hydrogen) atoms. The van der Waals surface area contributed by atoms with Crippen LogP contribution in [0.2, 0.25) is 0 Å². The number of rotatable bonds is 5. The Balaban J connectivity index is 2.47. The SMILES string of the molecule is CCN(c1cccc(C)c1)c1cnc(C(C)C)nc1CCl. The largest absolute Gasteiger partial charge is 0.339 e. The highest BCUT2D eigenvalue weighted by molar-refractivity contribution is 6.17. The molecular weight excluding hydrogens is 282 g/mol. The molecule has 4 heteroatoms. The third kappa shape index (κ3) is 3.53. The maximum absolute atomic E-state index is 6.11. The van der Waals surface area contributed by atoms with E-state index in [0.29, 0.717) is 11.8 Å². The highest BCUT2D eigenvalue weighted by Crippen LogP contribution is 2.29. The lowest BCUT2D eigenvalue weighted by molar-refractivity contribution is 0.762. The van der Waals surface area contributed by atoms with E-state index in [9.17, 15) is 0 Å². The number of hydrogen-bond donors (Lipinski definition) is 0. The van der Waals surface area contributed by atoms with Gasteiger partial charge in [0.1, 0.15) is 5.82 Å². The molecule has 2 rings (SSSR count). The van der Waals surface area contributed by atoms with Crippen LogP contribution in [0.5, 0.6) is 0 Å². The smallest absolute Gasteiger partial charge is 0.131 e. The van der Waals surface area contributed by atoms with Gasteiger partial charge in [0.15, 0.2) is 0 Å². The fraction of sp³-hybridized carbons (Fsp3) is 0.412. The summed E-state index contributed by atoms with van der Waals surface area (Å²) < 4.78 is 0. The Morgan fingerprint density at radius 3 is 2.62 bits per heavy atom. The van der Waals surface area contributed by atoms with Gasteiger partial charge in [-0.2, -0.15) is 0 Å². The van der Waals surface area contributed by atoms with Gasteiger partial charge >= 0.3 is 0 Å². The number of aromatic nitrogens is 2. The van der Waals surface area contributed by atoms with Gasteiger partial charge in [0.2, 0.25) is 0 Å². The van der Waals surface area contributed by atoms with Gasteiger partial charge in [0, 0.05) is 18.2 Å². The Hall–Kier alpha value is -1.61. The normalized spacial score (nSPS) is 11.0. The first-order chi connectivity index (χ1) is 10.1. The zero-order valence-corrected chi connectivity index (χ0v) is 13.9. The molecule has 2 aromatic rings. The zero-order valence-electron chi connectivity index (χ0n) is 13.1. The van der Waals surface area contributed by atoms with Crippen LogP contribution >= 0.6 is 11.6 Å².